The van der Waals surface area contributed by atoms with E-state index in [4.69, 9.17) is 11.6 Å². The fraction of sp³-hybridized carbons (Fsp3) is 0. The number of halogens is 2. The predicted octanol–water partition coefficient (Wildman–Crippen LogP) is 3.38. The van der Waals surface area contributed by atoms with E-state index in [-0.39, 0.29) is 6.03 Å². The lowest BCUT2D eigenvalue weighted by Crippen LogP contribution is -2.17. The monoisotopic (exact) mass is 299 g/mol. The van der Waals surface area contributed by atoms with Gasteiger partial charge in [0.2, 0.25) is 0 Å². The van der Waals surface area contributed by atoms with Gasteiger partial charge in [-0.3, -0.25) is 4.57 Å². The molecule has 1 aromatic heterocycles. The van der Waals surface area contributed by atoms with E-state index in [2.05, 4.69) is 26.2 Å². The van der Waals surface area contributed by atoms with Gasteiger partial charge in [-0.1, -0.05) is 11.6 Å². The van der Waals surface area contributed by atoms with Crippen LogP contribution in [0, 0.1) is 0 Å². The second-order valence-electron chi connectivity index (χ2n) is 3.03. The molecule has 6 heteroatoms. The highest BCUT2D eigenvalue weighted by molar-refractivity contribution is 9.10. The maximum Gasteiger partial charge on any atom is 0.331 e. The van der Waals surface area contributed by atoms with Gasteiger partial charge in [0.15, 0.2) is 0 Å². The van der Waals surface area contributed by atoms with Crippen LogP contribution in [0.15, 0.2) is 41.4 Å². The van der Waals surface area contributed by atoms with Crippen molar-refractivity contribution < 1.29 is 4.79 Å². The highest BCUT2D eigenvalue weighted by Crippen LogP contribution is 2.25. The first-order valence-corrected chi connectivity index (χ1v) is 5.58. The third kappa shape index (κ3) is 2.43. The Hall–Kier alpha value is -1.33. The zero-order valence-electron chi connectivity index (χ0n) is 8.02. The Bertz CT molecular complexity index is 513. The predicted molar refractivity (Wildman–Crippen MR) is 65.8 cm³/mol. The Morgan fingerprint density at radius 2 is 2.31 bits per heavy atom. The molecule has 4 nitrogen and oxygen atoms in total. The summed E-state index contributed by atoms with van der Waals surface area (Å²) in [5, 5.41) is 3.24. The second kappa shape index (κ2) is 4.67. The molecule has 1 amide bonds. The van der Waals surface area contributed by atoms with Crippen LogP contribution in [0.2, 0.25) is 5.02 Å². The SMILES string of the molecule is O=C(Nc1ccc(Br)c(Cl)c1)n1ccnc1. The van der Waals surface area contributed by atoms with Gasteiger partial charge in [-0.2, -0.15) is 0 Å². The number of benzene rings is 1. The second-order valence-corrected chi connectivity index (χ2v) is 4.29. The first-order chi connectivity index (χ1) is 7.66. The molecule has 1 aromatic carbocycles. The van der Waals surface area contributed by atoms with E-state index in [0.717, 1.165) is 4.47 Å². The van der Waals surface area contributed by atoms with Crippen LogP contribution in [0.1, 0.15) is 0 Å². The summed E-state index contributed by atoms with van der Waals surface area (Å²) in [6.45, 7) is 0. The van der Waals surface area contributed by atoms with Crippen molar-refractivity contribution in [1.29, 1.82) is 0 Å². The lowest BCUT2D eigenvalue weighted by Gasteiger charge is -2.06. The number of nitrogens with one attached hydrogen (secondary N) is 1. The molecule has 0 atom stereocenters. The van der Waals surface area contributed by atoms with Gasteiger partial charge < -0.3 is 5.32 Å². The third-order valence-electron chi connectivity index (χ3n) is 1.91. The summed E-state index contributed by atoms with van der Waals surface area (Å²) in [4.78, 5) is 15.4. The third-order valence-corrected chi connectivity index (χ3v) is 3.14. The first-order valence-electron chi connectivity index (χ1n) is 4.41. The lowest BCUT2D eigenvalue weighted by molar-refractivity contribution is 0.253. The molecule has 1 N–H and O–H groups in total. The number of rotatable bonds is 1. The Kier molecular flexibility index (Phi) is 3.26. The van der Waals surface area contributed by atoms with E-state index in [1.54, 1.807) is 24.4 Å². The van der Waals surface area contributed by atoms with Crippen LogP contribution in [0.25, 0.3) is 0 Å². The van der Waals surface area contributed by atoms with Crippen LogP contribution in [-0.4, -0.2) is 15.6 Å². The molecule has 0 saturated carbocycles. The minimum Gasteiger partial charge on any atom is -0.307 e. The van der Waals surface area contributed by atoms with Gasteiger partial charge in [0.25, 0.3) is 0 Å². The van der Waals surface area contributed by atoms with Crippen molar-refractivity contribution in [2.24, 2.45) is 0 Å². The standard InChI is InChI=1S/C10H7BrClN3O/c11-8-2-1-7(5-9(8)12)14-10(16)15-4-3-13-6-15/h1-6H,(H,14,16). The van der Waals surface area contributed by atoms with E-state index in [9.17, 15) is 4.79 Å². The molecule has 0 fully saturated rings. The normalized spacial score (nSPS) is 10.1. The Labute approximate surface area is 105 Å². The maximum absolute atomic E-state index is 11.6. The average Bonchev–Trinajstić information content (AvgIpc) is 2.77. The van der Waals surface area contributed by atoms with E-state index >= 15 is 0 Å². The van der Waals surface area contributed by atoms with Crippen molar-refractivity contribution >= 4 is 39.2 Å². The molecule has 0 saturated heterocycles. The topological polar surface area (TPSA) is 46.9 Å². The maximum atomic E-state index is 11.6. The molecule has 2 rings (SSSR count). The van der Waals surface area contributed by atoms with Gasteiger partial charge in [-0.15, -0.1) is 0 Å². The van der Waals surface area contributed by atoms with E-state index in [0.29, 0.717) is 10.7 Å². The first kappa shape index (κ1) is 11.2. The van der Waals surface area contributed by atoms with E-state index in [1.165, 1.54) is 17.1 Å². The number of aromatic nitrogens is 2. The summed E-state index contributed by atoms with van der Waals surface area (Å²) in [7, 11) is 0. The summed E-state index contributed by atoms with van der Waals surface area (Å²) >= 11 is 9.18. The highest BCUT2D eigenvalue weighted by atomic mass is 79.9. The summed E-state index contributed by atoms with van der Waals surface area (Å²) < 4.78 is 2.13. The minimum absolute atomic E-state index is 0.282. The number of amides is 1. The minimum atomic E-state index is -0.282. The van der Waals surface area contributed by atoms with E-state index in [1.807, 2.05) is 0 Å². The fourth-order valence-electron chi connectivity index (χ4n) is 1.14. The molecule has 0 radical (unpaired) electrons. The number of anilines is 1. The van der Waals surface area contributed by atoms with Crippen molar-refractivity contribution in [1.82, 2.24) is 9.55 Å². The zero-order valence-corrected chi connectivity index (χ0v) is 10.4. The molecule has 0 aliphatic heterocycles. The molecule has 0 aliphatic rings. The molecule has 1 heterocycles. The quantitative estimate of drug-likeness (QED) is 0.877. The zero-order chi connectivity index (χ0) is 11.5. The van der Waals surface area contributed by atoms with Crippen molar-refractivity contribution in [3.8, 4) is 0 Å². The van der Waals surface area contributed by atoms with Crippen LogP contribution in [0.5, 0.6) is 0 Å². The summed E-state index contributed by atoms with van der Waals surface area (Å²) in [6, 6.07) is 4.91. The van der Waals surface area contributed by atoms with Gasteiger partial charge in [0.05, 0.1) is 5.02 Å². The Morgan fingerprint density at radius 3 is 2.94 bits per heavy atom. The van der Waals surface area contributed by atoms with Crippen LogP contribution in [0.4, 0.5) is 10.5 Å². The van der Waals surface area contributed by atoms with Crippen molar-refractivity contribution in [2.75, 3.05) is 5.32 Å². The van der Waals surface area contributed by atoms with Gasteiger partial charge in [-0.05, 0) is 34.1 Å². The van der Waals surface area contributed by atoms with Crippen molar-refractivity contribution in [3.05, 3.63) is 46.4 Å². The molecule has 0 aliphatic carbocycles. The van der Waals surface area contributed by atoms with Crippen LogP contribution in [-0.2, 0) is 0 Å². The van der Waals surface area contributed by atoms with Crippen molar-refractivity contribution in [2.45, 2.75) is 0 Å². The Morgan fingerprint density at radius 1 is 1.50 bits per heavy atom. The molecular formula is C10H7BrClN3O. The number of imidazole rings is 1. The number of carbonyl (C=O) groups excluding carboxylic acids is 1. The summed E-state index contributed by atoms with van der Waals surface area (Å²) in [5.74, 6) is 0. The molecule has 0 bridgehead atoms. The van der Waals surface area contributed by atoms with Crippen LogP contribution < -0.4 is 5.32 Å². The summed E-state index contributed by atoms with van der Waals surface area (Å²) in [5.41, 5.74) is 0.631. The molecule has 2 aromatic rings. The average molecular weight is 301 g/mol. The number of hydrogen-bond donors (Lipinski definition) is 1. The Balaban J connectivity index is 2.15. The molecule has 82 valence electrons. The molecule has 0 unspecified atom stereocenters. The molecule has 16 heavy (non-hydrogen) atoms. The summed E-state index contributed by atoms with van der Waals surface area (Å²) in [6.07, 6.45) is 4.53. The highest BCUT2D eigenvalue weighted by Gasteiger charge is 2.05. The van der Waals surface area contributed by atoms with Gasteiger partial charge in [0, 0.05) is 22.6 Å². The van der Waals surface area contributed by atoms with Crippen LogP contribution in [0.3, 0.4) is 0 Å². The van der Waals surface area contributed by atoms with E-state index < -0.39 is 0 Å². The van der Waals surface area contributed by atoms with Crippen molar-refractivity contribution in [3.63, 3.8) is 0 Å². The van der Waals surface area contributed by atoms with Gasteiger partial charge in [0.1, 0.15) is 6.33 Å². The molecule has 0 spiro atoms. The number of nitrogens with zero attached hydrogens (tertiary/aromatic N) is 2. The lowest BCUT2D eigenvalue weighted by atomic mass is 10.3. The largest absolute Gasteiger partial charge is 0.331 e. The number of hydrogen-bond acceptors (Lipinski definition) is 2. The van der Waals surface area contributed by atoms with Gasteiger partial charge >= 0.3 is 6.03 Å². The van der Waals surface area contributed by atoms with Gasteiger partial charge in [-0.25, -0.2) is 9.78 Å². The fourth-order valence-corrected chi connectivity index (χ4v) is 1.57. The number of carbonyl (C=O) groups is 1. The van der Waals surface area contributed by atoms with Crippen LogP contribution >= 0.6 is 27.5 Å². The smallest absolute Gasteiger partial charge is 0.307 e. The molecular weight excluding hydrogens is 293 g/mol.